The van der Waals surface area contributed by atoms with Gasteiger partial charge in [-0.1, -0.05) is 13.3 Å². The summed E-state index contributed by atoms with van der Waals surface area (Å²) >= 11 is 1.63. The van der Waals surface area contributed by atoms with Crippen LogP contribution in [0.2, 0.25) is 0 Å². The van der Waals surface area contributed by atoms with Crippen LogP contribution >= 0.6 is 11.3 Å². The summed E-state index contributed by atoms with van der Waals surface area (Å²) in [6, 6.07) is 0. The minimum atomic E-state index is -1.14. The van der Waals surface area contributed by atoms with E-state index < -0.39 is 17.5 Å². The monoisotopic (exact) mass is 349 g/mol. The highest BCUT2D eigenvalue weighted by atomic mass is 32.1. The van der Waals surface area contributed by atoms with E-state index in [1.807, 2.05) is 11.8 Å². The number of carbonyl (C=O) groups is 1. The van der Waals surface area contributed by atoms with Gasteiger partial charge in [-0.2, -0.15) is 0 Å². The fourth-order valence-electron chi connectivity index (χ4n) is 3.67. The molecule has 0 unspecified atom stereocenters. The molecular formula is C17H23N3O3S. The molecule has 0 radical (unpaired) electrons. The number of carboxylic acid groups (broad SMARTS) is 1. The number of carboxylic acids is 1. The lowest BCUT2D eigenvalue weighted by atomic mass is 9.74. The summed E-state index contributed by atoms with van der Waals surface area (Å²) in [4.78, 5) is 24.9. The number of fused-ring (bicyclic) bond motifs is 1. The summed E-state index contributed by atoms with van der Waals surface area (Å²) in [6.07, 6.45) is 2.32. The smallest absolute Gasteiger partial charge is 0.314 e. The van der Waals surface area contributed by atoms with Gasteiger partial charge in [0.05, 0.1) is 11.5 Å². The zero-order valence-corrected chi connectivity index (χ0v) is 15.1. The van der Waals surface area contributed by atoms with Crippen molar-refractivity contribution < 1.29 is 15.0 Å². The molecule has 1 aliphatic heterocycles. The molecule has 0 spiro atoms. The molecule has 2 aromatic rings. The molecule has 130 valence electrons. The highest BCUT2D eigenvalue weighted by molar-refractivity contribution is 7.18. The highest BCUT2D eigenvalue weighted by Crippen LogP contribution is 2.40. The fraction of sp³-hybridized carbons (Fsp3) is 0.588. The molecule has 0 aliphatic carbocycles. The Hall–Kier alpha value is -1.73. The van der Waals surface area contributed by atoms with Gasteiger partial charge in [-0.05, 0) is 32.3 Å². The maximum Gasteiger partial charge on any atom is 0.314 e. The van der Waals surface area contributed by atoms with Crippen LogP contribution in [0.4, 0.5) is 5.82 Å². The first-order valence-electron chi connectivity index (χ1n) is 8.27. The predicted molar refractivity (Wildman–Crippen MR) is 94.7 cm³/mol. The van der Waals surface area contributed by atoms with E-state index in [0.29, 0.717) is 25.8 Å². The molecule has 0 saturated carbocycles. The van der Waals surface area contributed by atoms with Gasteiger partial charge in [-0.3, -0.25) is 4.79 Å². The number of piperidine rings is 1. The number of thiophene rings is 1. The number of aliphatic hydroxyl groups excluding tert-OH is 1. The van der Waals surface area contributed by atoms with Crippen LogP contribution in [0, 0.1) is 19.3 Å². The number of nitrogens with zero attached hydrogens (tertiary/aromatic N) is 3. The van der Waals surface area contributed by atoms with Gasteiger partial charge in [0.15, 0.2) is 0 Å². The van der Waals surface area contributed by atoms with Crippen LogP contribution in [0.1, 0.15) is 36.6 Å². The number of rotatable bonds is 4. The van der Waals surface area contributed by atoms with Gasteiger partial charge in [0.25, 0.3) is 0 Å². The summed E-state index contributed by atoms with van der Waals surface area (Å²) in [5.74, 6) is -0.138. The number of aliphatic carboxylic acids is 1. The SMILES string of the molecule is CCC[C@]1(C(=O)O)CN(c2ncnc3sc(C)c(C)c23)CC[C@@H]1O. The van der Waals surface area contributed by atoms with Crippen LogP contribution in [-0.4, -0.2) is 45.3 Å². The minimum absolute atomic E-state index is 0.276. The van der Waals surface area contributed by atoms with Crippen molar-refractivity contribution in [2.24, 2.45) is 5.41 Å². The zero-order valence-electron chi connectivity index (χ0n) is 14.2. The molecule has 1 fully saturated rings. The summed E-state index contributed by atoms with van der Waals surface area (Å²) in [6.45, 7) is 6.93. The lowest BCUT2D eigenvalue weighted by molar-refractivity contribution is -0.158. The third-order valence-electron chi connectivity index (χ3n) is 5.15. The van der Waals surface area contributed by atoms with Crippen LogP contribution in [0.25, 0.3) is 10.2 Å². The minimum Gasteiger partial charge on any atom is -0.481 e. The molecule has 0 amide bonds. The Morgan fingerprint density at radius 2 is 2.21 bits per heavy atom. The molecule has 6 nitrogen and oxygen atoms in total. The Morgan fingerprint density at radius 1 is 1.46 bits per heavy atom. The molecule has 3 heterocycles. The number of aromatic nitrogens is 2. The van der Waals surface area contributed by atoms with Gasteiger partial charge < -0.3 is 15.1 Å². The van der Waals surface area contributed by atoms with E-state index >= 15 is 0 Å². The number of hydrogen-bond donors (Lipinski definition) is 2. The van der Waals surface area contributed by atoms with E-state index in [2.05, 4.69) is 23.8 Å². The number of aryl methyl sites for hydroxylation is 2. The summed E-state index contributed by atoms with van der Waals surface area (Å²) in [7, 11) is 0. The molecule has 2 atom stereocenters. The standard InChI is InChI=1S/C17H23N3O3S/c1-4-6-17(16(22)23)8-20(7-5-12(17)21)14-13-10(2)11(3)24-15(13)19-9-18-14/h9,12,21H,4-8H2,1-3H3,(H,22,23)/t12-,17-/m0/s1. The first-order valence-corrected chi connectivity index (χ1v) is 9.09. The number of hydrogen-bond acceptors (Lipinski definition) is 6. The molecule has 2 aromatic heterocycles. The molecule has 24 heavy (non-hydrogen) atoms. The average Bonchev–Trinajstić information content (AvgIpc) is 2.84. The first-order chi connectivity index (χ1) is 11.4. The number of aliphatic hydroxyl groups is 1. The van der Waals surface area contributed by atoms with Crippen LogP contribution in [0.15, 0.2) is 6.33 Å². The Balaban J connectivity index is 2.06. The van der Waals surface area contributed by atoms with Crippen molar-refractivity contribution in [3.05, 3.63) is 16.8 Å². The van der Waals surface area contributed by atoms with Crippen LogP contribution in [0.3, 0.4) is 0 Å². The van der Waals surface area contributed by atoms with Crippen molar-refractivity contribution in [1.29, 1.82) is 0 Å². The third kappa shape index (κ3) is 2.56. The van der Waals surface area contributed by atoms with Crippen molar-refractivity contribution in [2.75, 3.05) is 18.0 Å². The van der Waals surface area contributed by atoms with Crippen LogP contribution in [-0.2, 0) is 4.79 Å². The van der Waals surface area contributed by atoms with E-state index in [0.717, 1.165) is 21.6 Å². The van der Waals surface area contributed by atoms with E-state index in [1.165, 1.54) is 4.88 Å². The molecule has 3 rings (SSSR count). The normalized spacial score (nSPS) is 24.5. The highest BCUT2D eigenvalue weighted by Gasteiger charge is 2.49. The van der Waals surface area contributed by atoms with Crippen molar-refractivity contribution >= 4 is 33.3 Å². The third-order valence-corrected chi connectivity index (χ3v) is 6.27. The van der Waals surface area contributed by atoms with Crippen LogP contribution < -0.4 is 4.90 Å². The van der Waals surface area contributed by atoms with E-state index in [4.69, 9.17) is 0 Å². The lowest BCUT2D eigenvalue weighted by Crippen LogP contribution is -2.56. The largest absolute Gasteiger partial charge is 0.481 e. The van der Waals surface area contributed by atoms with Gasteiger partial charge in [0, 0.05) is 18.0 Å². The Kier molecular flexibility index (Phi) is 4.48. The first kappa shape index (κ1) is 17.1. The Morgan fingerprint density at radius 3 is 2.88 bits per heavy atom. The van der Waals surface area contributed by atoms with Gasteiger partial charge in [-0.15, -0.1) is 11.3 Å². The van der Waals surface area contributed by atoms with Crippen molar-refractivity contribution in [3.8, 4) is 0 Å². The summed E-state index contributed by atoms with van der Waals surface area (Å²) in [5.41, 5.74) is 0.0108. The summed E-state index contributed by atoms with van der Waals surface area (Å²) < 4.78 is 0. The maximum atomic E-state index is 12.0. The average molecular weight is 349 g/mol. The van der Waals surface area contributed by atoms with E-state index in [9.17, 15) is 15.0 Å². The second-order valence-electron chi connectivity index (χ2n) is 6.60. The summed E-state index contributed by atoms with van der Waals surface area (Å²) in [5, 5.41) is 21.2. The van der Waals surface area contributed by atoms with E-state index in [-0.39, 0.29) is 6.54 Å². The van der Waals surface area contributed by atoms with Crippen molar-refractivity contribution in [2.45, 2.75) is 46.1 Å². The van der Waals surface area contributed by atoms with E-state index in [1.54, 1.807) is 17.7 Å². The Labute approximate surface area is 145 Å². The second-order valence-corrected chi connectivity index (χ2v) is 7.80. The topological polar surface area (TPSA) is 86.5 Å². The second kappa shape index (κ2) is 6.29. The molecule has 1 saturated heterocycles. The molecule has 7 heteroatoms. The predicted octanol–water partition coefficient (Wildman–Crippen LogP) is 2.75. The maximum absolute atomic E-state index is 12.0. The lowest BCUT2D eigenvalue weighted by Gasteiger charge is -2.44. The molecule has 0 bridgehead atoms. The van der Waals surface area contributed by atoms with Gasteiger partial charge >= 0.3 is 5.97 Å². The number of anilines is 1. The Bertz CT molecular complexity index is 776. The molecule has 0 aromatic carbocycles. The molecule has 1 aliphatic rings. The van der Waals surface area contributed by atoms with Crippen molar-refractivity contribution in [3.63, 3.8) is 0 Å². The fourth-order valence-corrected chi connectivity index (χ4v) is 4.66. The van der Waals surface area contributed by atoms with Crippen molar-refractivity contribution in [1.82, 2.24) is 9.97 Å². The molecule has 2 N–H and O–H groups in total. The zero-order chi connectivity index (χ0) is 17.5. The van der Waals surface area contributed by atoms with Gasteiger partial charge in [-0.25, -0.2) is 9.97 Å². The van der Waals surface area contributed by atoms with Crippen LogP contribution in [0.5, 0.6) is 0 Å². The quantitative estimate of drug-likeness (QED) is 0.883. The van der Waals surface area contributed by atoms with Gasteiger partial charge in [0.1, 0.15) is 22.4 Å². The molecular weight excluding hydrogens is 326 g/mol. The van der Waals surface area contributed by atoms with Gasteiger partial charge in [0.2, 0.25) is 0 Å².